The SMILES string of the molecule is COc1cc(N)c(C(=O)c2nn(COC(=O)NCCN(C)C)nc2C=O)cc1OC. The quantitative estimate of drug-likeness (QED) is 0.309. The summed E-state index contributed by atoms with van der Waals surface area (Å²) in [6.07, 6.45) is -0.302. The number of likely N-dealkylation sites (N-methyl/N-ethyl adjacent to an activating group) is 1. The van der Waals surface area contributed by atoms with Crippen LogP contribution in [0, 0.1) is 0 Å². The first kappa shape index (κ1) is 22.6. The molecular formula is C18H24N6O6. The van der Waals surface area contributed by atoms with Gasteiger partial charge < -0.3 is 30.2 Å². The highest BCUT2D eigenvalue weighted by atomic mass is 16.6. The summed E-state index contributed by atoms with van der Waals surface area (Å²) in [5.41, 5.74) is 5.66. The number of nitrogen functional groups attached to an aromatic ring is 1. The number of nitrogens with one attached hydrogen (secondary N) is 1. The molecule has 162 valence electrons. The molecule has 2 rings (SSSR count). The number of rotatable bonds is 10. The first-order chi connectivity index (χ1) is 14.3. The van der Waals surface area contributed by atoms with Crippen molar-refractivity contribution in [3.05, 3.63) is 29.1 Å². The summed E-state index contributed by atoms with van der Waals surface area (Å²) in [5, 5.41) is 10.4. The van der Waals surface area contributed by atoms with E-state index in [-0.39, 0.29) is 35.1 Å². The minimum Gasteiger partial charge on any atom is -0.493 e. The second-order valence-corrected chi connectivity index (χ2v) is 6.34. The van der Waals surface area contributed by atoms with Gasteiger partial charge in [-0.1, -0.05) is 0 Å². The molecule has 0 saturated heterocycles. The monoisotopic (exact) mass is 420 g/mol. The van der Waals surface area contributed by atoms with Gasteiger partial charge in [-0.15, -0.1) is 15.0 Å². The zero-order chi connectivity index (χ0) is 22.3. The normalized spacial score (nSPS) is 10.6. The number of anilines is 1. The number of hydrogen-bond donors (Lipinski definition) is 2. The molecule has 0 radical (unpaired) electrons. The number of benzene rings is 1. The molecule has 2 aromatic rings. The molecule has 0 aliphatic heterocycles. The minimum absolute atomic E-state index is 0.0603. The number of nitrogens with two attached hydrogens (primary N) is 1. The van der Waals surface area contributed by atoms with Crippen molar-refractivity contribution >= 4 is 23.9 Å². The van der Waals surface area contributed by atoms with Gasteiger partial charge in [0.2, 0.25) is 12.5 Å². The van der Waals surface area contributed by atoms with Crippen molar-refractivity contribution < 1.29 is 28.6 Å². The molecule has 0 fully saturated rings. The number of hydrogen-bond acceptors (Lipinski definition) is 10. The summed E-state index contributed by atoms with van der Waals surface area (Å²) in [7, 11) is 6.58. The lowest BCUT2D eigenvalue weighted by atomic mass is 10.0. The van der Waals surface area contributed by atoms with E-state index in [1.807, 2.05) is 19.0 Å². The van der Waals surface area contributed by atoms with Gasteiger partial charge in [0.15, 0.2) is 29.2 Å². The number of aromatic nitrogens is 3. The van der Waals surface area contributed by atoms with Crippen LogP contribution >= 0.6 is 0 Å². The van der Waals surface area contributed by atoms with Crippen LogP contribution in [0.2, 0.25) is 0 Å². The number of ketones is 1. The predicted molar refractivity (Wildman–Crippen MR) is 106 cm³/mol. The molecule has 12 nitrogen and oxygen atoms in total. The van der Waals surface area contributed by atoms with E-state index in [2.05, 4.69) is 15.5 Å². The molecule has 0 unspecified atom stereocenters. The third-order valence-electron chi connectivity index (χ3n) is 3.95. The van der Waals surface area contributed by atoms with Crippen molar-refractivity contribution in [1.82, 2.24) is 25.2 Å². The Bertz CT molecular complexity index is 926. The molecule has 1 aromatic heterocycles. The Hall–Kier alpha value is -3.67. The van der Waals surface area contributed by atoms with Gasteiger partial charge >= 0.3 is 6.09 Å². The van der Waals surface area contributed by atoms with Crippen molar-refractivity contribution in [2.45, 2.75) is 6.73 Å². The van der Waals surface area contributed by atoms with Crippen LogP contribution in [0.1, 0.15) is 26.5 Å². The number of carbonyl (C=O) groups excluding carboxylic acids is 3. The number of nitrogens with zero attached hydrogens (tertiary/aromatic N) is 4. The van der Waals surface area contributed by atoms with Crippen LogP contribution in [-0.4, -0.2) is 79.5 Å². The summed E-state index contributed by atoms with van der Waals surface area (Å²) < 4.78 is 15.3. The fraction of sp³-hybridized carbons (Fsp3) is 0.389. The topological polar surface area (TPSA) is 151 Å². The molecule has 3 N–H and O–H groups in total. The van der Waals surface area contributed by atoms with Crippen molar-refractivity contribution in [3.63, 3.8) is 0 Å². The summed E-state index contributed by atoms with van der Waals surface area (Å²) in [6, 6.07) is 2.82. The fourth-order valence-corrected chi connectivity index (χ4v) is 2.43. The molecule has 12 heteroatoms. The van der Waals surface area contributed by atoms with Gasteiger partial charge in [-0.25, -0.2) is 4.79 Å². The van der Waals surface area contributed by atoms with Crippen molar-refractivity contribution in [3.8, 4) is 11.5 Å². The van der Waals surface area contributed by atoms with E-state index >= 15 is 0 Å². The number of methoxy groups -OCH3 is 2. The Morgan fingerprint density at radius 2 is 1.87 bits per heavy atom. The zero-order valence-corrected chi connectivity index (χ0v) is 17.2. The zero-order valence-electron chi connectivity index (χ0n) is 17.2. The molecule has 30 heavy (non-hydrogen) atoms. The van der Waals surface area contributed by atoms with Crippen LogP contribution in [0.25, 0.3) is 0 Å². The highest BCUT2D eigenvalue weighted by Gasteiger charge is 2.24. The van der Waals surface area contributed by atoms with Crippen molar-refractivity contribution in [1.29, 1.82) is 0 Å². The number of amides is 1. The van der Waals surface area contributed by atoms with E-state index in [4.69, 9.17) is 19.9 Å². The largest absolute Gasteiger partial charge is 0.493 e. The average molecular weight is 420 g/mol. The Balaban J connectivity index is 2.17. The Morgan fingerprint density at radius 1 is 1.20 bits per heavy atom. The van der Waals surface area contributed by atoms with Gasteiger partial charge in [0.25, 0.3) is 0 Å². The highest BCUT2D eigenvalue weighted by Crippen LogP contribution is 2.32. The number of ether oxygens (including phenoxy) is 3. The molecular weight excluding hydrogens is 396 g/mol. The van der Waals surface area contributed by atoms with E-state index in [0.29, 0.717) is 25.1 Å². The lowest BCUT2D eigenvalue weighted by molar-refractivity contribution is 0.0984. The lowest BCUT2D eigenvalue weighted by Crippen LogP contribution is -2.32. The van der Waals surface area contributed by atoms with Gasteiger partial charge in [-0.2, -0.15) is 0 Å². The van der Waals surface area contributed by atoms with E-state index in [0.717, 1.165) is 4.80 Å². The smallest absolute Gasteiger partial charge is 0.409 e. The fourth-order valence-electron chi connectivity index (χ4n) is 2.43. The molecule has 1 heterocycles. The average Bonchev–Trinajstić information content (AvgIpc) is 3.14. The molecule has 0 atom stereocenters. The standard InChI is InChI=1S/C18H24N6O6/c1-23(2)6-5-20-18(27)30-10-24-21-13(9-25)16(22-24)17(26)11-7-14(28-3)15(29-4)8-12(11)19/h7-9H,5-6,10,19H2,1-4H3,(H,20,27). The van der Waals surface area contributed by atoms with Crippen LogP contribution in [0.4, 0.5) is 10.5 Å². The third kappa shape index (κ3) is 5.44. The summed E-state index contributed by atoms with van der Waals surface area (Å²) in [4.78, 5) is 38.8. The van der Waals surface area contributed by atoms with Crippen LogP contribution in [0.5, 0.6) is 11.5 Å². The number of aldehydes is 1. The predicted octanol–water partition coefficient (Wildman–Crippen LogP) is 0.166. The van der Waals surface area contributed by atoms with Crippen LogP contribution in [0.3, 0.4) is 0 Å². The molecule has 0 saturated carbocycles. The first-order valence-electron chi connectivity index (χ1n) is 8.82. The number of carbonyl (C=O) groups is 3. The molecule has 0 aliphatic rings. The lowest BCUT2D eigenvalue weighted by Gasteiger charge is -2.11. The van der Waals surface area contributed by atoms with Gasteiger partial charge in [0, 0.05) is 24.8 Å². The Morgan fingerprint density at radius 3 is 2.47 bits per heavy atom. The maximum absolute atomic E-state index is 12.9. The molecule has 1 amide bonds. The van der Waals surface area contributed by atoms with Crippen molar-refractivity contribution in [2.75, 3.05) is 47.1 Å². The molecule has 0 spiro atoms. The van der Waals surface area contributed by atoms with Gasteiger partial charge in [-0.3, -0.25) is 9.59 Å². The molecule has 0 aliphatic carbocycles. The maximum Gasteiger partial charge on any atom is 0.409 e. The summed E-state index contributed by atoms with van der Waals surface area (Å²) in [6.45, 7) is 0.638. The summed E-state index contributed by atoms with van der Waals surface area (Å²) >= 11 is 0. The number of alkyl carbamates (subject to hydrolysis) is 1. The van der Waals surface area contributed by atoms with Crippen LogP contribution in [0.15, 0.2) is 12.1 Å². The highest BCUT2D eigenvalue weighted by molar-refractivity contribution is 6.14. The molecule has 1 aromatic carbocycles. The Kier molecular flexibility index (Phi) is 7.69. The second kappa shape index (κ2) is 10.2. The van der Waals surface area contributed by atoms with Crippen LogP contribution < -0.4 is 20.5 Å². The first-order valence-corrected chi connectivity index (χ1v) is 8.82. The van der Waals surface area contributed by atoms with E-state index < -0.39 is 11.9 Å². The minimum atomic E-state index is -0.682. The summed E-state index contributed by atoms with van der Waals surface area (Å²) in [5.74, 6) is -0.00967. The Labute approximate surface area is 172 Å². The van der Waals surface area contributed by atoms with Gasteiger partial charge in [0.05, 0.1) is 19.8 Å². The van der Waals surface area contributed by atoms with E-state index in [9.17, 15) is 14.4 Å². The van der Waals surface area contributed by atoms with E-state index in [1.165, 1.54) is 26.4 Å². The maximum atomic E-state index is 12.9. The van der Waals surface area contributed by atoms with Crippen molar-refractivity contribution in [2.24, 2.45) is 0 Å². The van der Waals surface area contributed by atoms with Gasteiger partial charge in [0.1, 0.15) is 0 Å². The van der Waals surface area contributed by atoms with Crippen LogP contribution in [-0.2, 0) is 11.5 Å². The third-order valence-corrected chi connectivity index (χ3v) is 3.95. The van der Waals surface area contributed by atoms with E-state index in [1.54, 1.807) is 0 Å². The molecule has 0 bridgehead atoms. The van der Waals surface area contributed by atoms with Gasteiger partial charge in [-0.05, 0) is 20.2 Å². The second-order valence-electron chi connectivity index (χ2n) is 6.34.